The molecule has 1 fully saturated rings. The number of nitrogens with one attached hydrogen (secondary N) is 2. The molecular weight excluding hydrogens is 324 g/mol. The molecule has 0 spiro atoms. The molecule has 0 unspecified atom stereocenters. The Labute approximate surface area is 149 Å². The maximum atomic E-state index is 13.7. The second-order valence-corrected chi connectivity index (χ2v) is 6.70. The monoisotopic (exact) mass is 353 g/mol. The summed E-state index contributed by atoms with van der Waals surface area (Å²) in [6.45, 7) is 4.79. The van der Waals surface area contributed by atoms with E-state index in [1.165, 1.54) is 31.4 Å². The summed E-state index contributed by atoms with van der Waals surface area (Å²) in [6, 6.07) is 3.55. The van der Waals surface area contributed by atoms with Gasteiger partial charge in [0, 0.05) is 33.4 Å². The molecule has 1 aromatic carbocycles. The Bertz CT molecular complexity index is 574. The van der Waals surface area contributed by atoms with Crippen LogP contribution < -0.4 is 10.6 Å². The van der Waals surface area contributed by atoms with Gasteiger partial charge >= 0.3 is 0 Å². The maximum Gasteiger partial charge on any atom is 0.191 e. The summed E-state index contributed by atoms with van der Waals surface area (Å²) >= 11 is 0. The van der Waals surface area contributed by atoms with Gasteiger partial charge in [-0.1, -0.05) is 6.42 Å². The van der Waals surface area contributed by atoms with E-state index >= 15 is 0 Å². The van der Waals surface area contributed by atoms with Crippen LogP contribution in [0.1, 0.15) is 38.2 Å². The second-order valence-electron chi connectivity index (χ2n) is 6.70. The molecule has 1 aromatic rings. The Balaban J connectivity index is 1.88. The number of aliphatic imine (C=N–C) groups is 1. The first-order valence-corrected chi connectivity index (χ1v) is 9.03. The van der Waals surface area contributed by atoms with Gasteiger partial charge in [-0.15, -0.1) is 0 Å². The van der Waals surface area contributed by atoms with Crippen LogP contribution in [0.25, 0.3) is 0 Å². The lowest BCUT2D eigenvalue weighted by molar-refractivity contribution is 0.0778. The van der Waals surface area contributed by atoms with E-state index in [-0.39, 0.29) is 11.2 Å². The van der Waals surface area contributed by atoms with Crippen LogP contribution in [0.15, 0.2) is 23.2 Å². The summed E-state index contributed by atoms with van der Waals surface area (Å²) in [6.07, 6.45) is 5.06. The fourth-order valence-corrected chi connectivity index (χ4v) is 3.12. The van der Waals surface area contributed by atoms with Crippen molar-refractivity contribution in [3.8, 4) is 0 Å². The summed E-state index contributed by atoms with van der Waals surface area (Å²) in [5, 5.41) is 6.42. The van der Waals surface area contributed by atoms with Gasteiger partial charge in [0.15, 0.2) is 5.96 Å². The van der Waals surface area contributed by atoms with Crippen molar-refractivity contribution in [1.29, 1.82) is 0 Å². The highest BCUT2D eigenvalue weighted by Gasteiger charge is 2.36. The fraction of sp³-hybridized carbons (Fsp3) is 0.632. The van der Waals surface area contributed by atoms with Crippen molar-refractivity contribution < 1.29 is 13.5 Å². The van der Waals surface area contributed by atoms with E-state index in [4.69, 9.17) is 9.73 Å². The predicted molar refractivity (Wildman–Crippen MR) is 96.8 cm³/mol. The van der Waals surface area contributed by atoms with Gasteiger partial charge in [0.1, 0.15) is 11.6 Å². The van der Waals surface area contributed by atoms with Crippen molar-refractivity contribution in [3.05, 3.63) is 35.4 Å². The number of methoxy groups -OCH3 is 1. The van der Waals surface area contributed by atoms with Gasteiger partial charge in [-0.3, -0.25) is 4.99 Å². The van der Waals surface area contributed by atoms with E-state index in [2.05, 4.69) is 10.6 Å². The highest BCUT2D eigenvalue weighted by molar-refractivity contribution is 5.79. The second kappa shape index (κ2) is 9.70. The minimum absolute atomic E-state index is 0.257. The van der Waals surface area contributed by atoms with E-state index < -0.39 is 5.82 Å². The molecule has 2 rings (SSSR count). The zero-order valence-electron chi connectivity index (χ0n) is 15.2. The number of halogens is 2. The highest BCUT2D eigenvalue weighted by Crippen LogP contribution is 2.44. The molecule has 0 radical (unpaired) electrons. The zero-order valence-corrected chi connectivity index (χ0v) is 15.2. The van der Waals surface area contributed by atoms with Crippen LogP contribution in [0, 0.1) is 17.0 Å². The third kappa shape index (κ3) is 5.96. The van der Waals surface area contributed by atoms with Crippen molar-refractivity contribution in [3.63, 3.8) is 0 Å². The summed E-state index contributed by atoms with van der Waals surface area (Å²) in [5.41, 5.74) is 0.631. The molecule has 0 bridgehead atoms. The minimum atomic E-state index is -0.415. The van der Waals surface area contributed by atoms with Crippen LogP contribution in [0.5, 0.6) is 0 Å². The van der Waals surface area contributed by atoms with Crippen molar-refractivity contribution in [1.82, 2.24) is 10.6 Å². The van der Waals surface area contributed by atoms with Gasteiger partial charge in [0.05, 0.1) is 0 Å². The molecule has 1 aliphatic rings. The van der Waals surface area contributed by atoms with Gasteiger partial charge in [0.25, 0.3) is 0 Å². The maximum absolute atomic E-state index is 13.7. The van der Waals surface area contributed by atoms with Gasteiger partial charge < -0.3 is 15.4 Å². The Morgan fingerprint density at radius 1 is 1.28 bits per heavy atom. The lowest BCUT2D eigenvalue weighted by Gasteiger charge is -2.40. The molecule has 140 valence electrons. The molecule has 4 nitrogen and oxygen atoms in total. The largest absolute Gasteiger partial charge is 0.385 e. The summed E-state index contributed by atoms with van der Waals surface area (Å²) < 4.78 is 32.1. The fourth-order valence-electron chi connectivity index (χ4n) is 3.12. The normalized spacial score (nSPS) is 16.4. The first kappa shape index (κ1) is 19.6. The molecule has 6 heteroatoms. The van der Waals surface area contributed by atoms with Crippen LogP contribution in [0.3, 0.4) is 0 Å². The highest BCUT2D eigenvalue weighted by atomic mass is 19.1. The molecular formula is C19H29F2N3O. The smallest absolute Gasteiger partial charge is 0.191 e. The van der Waals surface area contributed by atoms with Gasteiger partial charge in [-0.2, -0.15) is 0 Å². The van der Waals surface area contributed by atoms with Crippen molar-refractivity contribution >= 4 is 5.96 Å². The standard InChI is InChI=1S/C19H29F2N3O/c1-3-22-18(24-14-19(8-4-9-19)10-12-25-2)23-11-7-15-13-16(20)5-6-17(15)21/h5-6,13H,3-4,7-12,14H2,1-2H3,(H2,22,23,24). The number of guanidine groups is 1. The van der Waals surface area contributed by atoms with Crippen LogP contribution >= 0.6 is 0 Å². The molecule has 25 heavy (non-hydrogen) atoms. The molecule has 0 saturated heterocycles. The van der Waals surface area contributed by atoms with E-state index in [0.717, 1.165) is 38.1 Å². The van der Waals surface area contributed by atoms with Gasteiger partial charge in [0.2, 0.25) is 0 Å². The van der Waals surface area contributed by atoms with Crippen LogP contribution in [-0.4, -0.2) is 39.3 Å². The van der Waals surface area contributed by atoms with E-state index in [0.29, 0.717) is 18.5 Å². The molecule has 0 aliphatic heterocycles. The average molecular weight is 353 g/mol. The number of benzene rings is 1. The average Bonchev–Trinajstić information content (AvgIpc) is 2.56. The SMILES string of the molecule is CCNC(=NCC1(CCOC)CCC1)NCCc1cc(F)ccc1F. The first-order chi connectivity index (χ1) is 12.1. The molecule has 0 amide bonds. The Morgan fingerprint density at radius 2 is 2.08 bits per heavy atom. The Morgan fingerprint density at radius 3 is 2.72 bits per heavy atom. The van der Waals surface area contributed by atoms with Crippen LogP contribution in [-0.2, 0) is 11.2 Å². The van der Waals surface area contributed by atoms with Gasteiger partial charge in [-0.25, -0.2) is 8.78 Å². The van der Waals surface area contributed by atoms with E-state index in [1.807, 2.05) is 6.92 Å². The summed E-state index contributed by atoms with van der Waals surface area (Å²) in [4.78, 5) is 4.70. The zero-order chi connectivity index (χ0) is 18.1. The molecule has 1 saturated carbocycles. The van der Waals surface area contributed by atoms with Crippen molar-refractivity contribution in [2.24, 2.45) is 10.4 Å². The molecule has 0 aromatic heterocycles. The Kier molecular flexibility index (Phi) is 7.62. The molecule has 0 heterocycles. The van der Waals surface area contributed by atoms with Gasteiger partial charge in [-0.05, 0) is 61.8 Å². The number of hydrogen-bond acceptors (Lipinski definition) is 2. The summed E-state index contributed by atoms with van der Waals surface area (Å²) in [7, 11) is 1.73. The number of ether oxygens (including phenoxy) is 1. The van der Waals surface area contributed by atoms with E-state index in [9.17, 15) is 8.78 Å². The Hall–Kier alpha value is -1.69. The van der Waals surface area contributed by atoms with Crippen LogP contribution in [0.2, 0.25) is 0 Å². The minimum Gasteiger partial charge on any atom is -0.385 e. The quantitative estimate of drug-likeness (QED) is 0.529. The topological polar surface area (TPSA) is 45.7 Å². The summed E-state index contributed by atoms with van der Waals surface area (Å²) in [5.74, 6) is -0.0665. The first-order valence-electron chi connectivity index (χ1n) is 9.03. The lowest BCUT2D eigenvalue weighted by atomic mass is 9.67. The number of nitrogens with zero attached hydrogens (tertiary/aromatic N) is 1. The lowest BCUT2D eigenvalue weighted by Crippen LogP contribution is -2.41. The molecule has 1 aliphatic carbocycles. The molecule has 2 N–H and O–H groups in total. The molecule has 0 atom stereocenters. The number of rotatable bonds is 9. The predicted octanol–water partition coefficient (Wildman–Crippen LogP) is 3.27. The van der Waals surface area contributed by atoms with E-state index in [1.54, 1.807) is 7.11 Å². The van der Waals surface area contributed by atoms with Crippen molar-refractivity contribution in [2.75, 3.05) is 33.4 Å². The van der Waals surface area contributed by atoms with Crippen molar-refractivity contribution in [2.45, 2.75) is 39.0 Å². The number of hydrogen-bond donors (Lipinski definition) is 2. The third-order valence-electron chi connectivity index (χ3n) is 4.86. The van der Waals surface area contributed by atoms with Crippen LogP contribution in [0.4, 0.5) is 8.78 Å². The third-order valence-corrected chi connectivity index (χ3v) is 4.86.